The first-order chi connectivity index (χ1) is 11.5. The van der Waals surface area contributed by atoms with Crippen LogP contribution in [-0.4, -0.2) is 45.5 Å². The molecule has 0 saturated carbocycles. The largest absolute Gasteiger partial charge is 0.479 e. The minimum Gasteiger partial charge on any atom is -0.479 e. The van der Waals surface area contributed by atoms with Gasteiger partial charge in [-0.3, -0.25) is 9.69 Å². The number of carboxylic acid groups (broad SMARTS) is 1. The number of Topliss-reactive ketones (excluding diaryl/α,β-unsaturated/α-hetero) is 1. The SMILES string of the molecule is CC(C)(C)OC(=O)N1CCC[C@@]1(CC(=O)c1ccc(Br)cc1)C(=O)O. The maximum Gasteiger partial charge on any atom is 0.411 e. The van der Waals surface area contributed by atoms with Gasteiger partial charge in [-0.15, -0.1) is 0 Å². The van der Waals surface area contributed by atoms with Crippen LogP contribution in [0, 0.1) is 0 Å². The zero-order valence-electron chi connectivity index (χ0n) is 14.5. The van der Waals surface area contributed by atoms with Gasteiger partial charge in [0, 0.05) is 23.0 Å². The number of carbonyl (C=O) groups excluding carboxylic acids is 2. The van der Waals surface area contributed by atoms with Crippen LogP contribution in [0.2, 0.25) is 0 Å². The number of ketones is 1. The molecular weight excluding hydrogens is 390 g/mol. The fourth-order valence-corrected chi connectivity index (χ4v) is 3.21. The minimum atomic E-state index is -1.56. The number of rotatable bonds is 4. The van der Waals surface area contributed by atoms with Crippen LogP contribution in [-0.2, 0) is 9.53 Å². The van der Waals surface area contributed by atoms with Crippen LogP contribution in [0.4, 0.5) is 4.79 Å². The van der Waals surface area contributed by atoms with E-state index in [1.54, 1.807) is 45.0 Å². The van der Waals surface area contributed by atoms with E-state index >= 15 is 0 Å². The fraction of sp³-hybridized carbons (Fsp3) is 0.500. The second kappa shape index (κ2) is 7.15. The number of likely N-dealkylation sites (tertiary alicyclic amines) is 1. The lowest BCUT2D eigenvalue weighted by atomic mass is 9.88. The molecule has 136 valence electrons. The van der Waals surface area contributed by atoms with Gasteiger partial charge >= 0.3 is 12.1 Å². The number of hydrogen-bond donors (Lipinski definition) is 1. The lowest BCUT2D eigenvalue weighted by Crippen LogP contribution is -2.55. The first-order valence-electron chi connectivity index (χ1n) is 8.08. The lowest BCUT2D eigenvalue weighted by Gasteiger charge is -2.35. The van der Waals surface area contributed by atoms with E-state index in [1.807, 2.05) is 0 Å². The number of carboxylic acids is 1. The Morgan fingerprint density at radius 3 is 2.36 bits per heavy atom. The van der Waals surface area contributed by atoms with Gasteiger partial charge in [0.25, 0.3) is 0 Å². The molecule has 0 radical (unpaired) electrons. The van der Waals surface area contributed by atoms with Crippen molar-refractivity contribution in [2.45, 2.75) is 51.2 Å². The van der Waals surface area contributed by atoms with E-state index in [0.717, 1.165) is 4.47 Å². The van der Waals surface area contributed by atoms with Crippen LogP contribution in [0.1, 0.15) is 50.4 Å². The van der Waals surface area contributed by atoms with E-state index in [1.165, 1.54) is 4.90 Å². The van der Waals surface area contributed by atoms with Crippen molar-refractivity contribution in [3.05, 3.63) is 34.3 Å². The number of benzene rings is 1. The molecule has 1 aromatic rings. The molecule has 1 atom stereocenters. The van der Waals surface area contributed by atoms with Crippen molar-refractivity contribution in [2.75, 3.05) is 6.54 Å². The average Bonchev–Trinajstić information content (AvgIpc) is 2.91. The maximum atomic E-state index is 12.6. The smallest absolute Gasteiger partial charge is 0.411 e. The number of carbonyl (C=O) groups is 3. The second-order valence-electron chi connectivity index (χ2n) is 7.18. The molecule has 1 aromatic carbocycles. The first kappa shape index (κ1) is 19.4. The van der Waals surface area contributed by atoms with Gasteiger partial charge in [-0.05, 0) is 45.7 Å². The van der Waals surface area contributed by atoms with Crippen LogP contribution in [0.15, 0.2) is 28.7 Å². The highest BCUT2D eigenvalue weighted by molar-refractivity contribution is 9.10. The summed E-state index contributed by atoms with van der Waals surface area (Å²) < 4.78 is 6.16. The Balaban J connectivity index is 2.27. The molecule has 1 aliphatic rings. The monoisotopic (exact) mass is 411 g/mol. The average molecular weight is 412 g/mol. The van der Waals surface area contributed by atoms with Gasteiger partial charge in [0.15, 0.2) is 11.3 Å². The third-order valence-electron chi connectivity index (χ3n) is 4.12. The summed E-state index contributed by atoms with van der Waals surface area (Å²) >= 11 is 3.30. The summed E-state index contributed by atoms with van der Waals surface area (Å²) in [7, 11) is 0. The molecule has 7 heteroatoms. The van der Waals surface area contributed by atoms with Crippen LogP contribution in [0.3, 0.4) is 0 Å². The Hall–Kier alpha value is -1.89. The number of aliphatic carboxylic acids is 1. The Labute approximate surface area is 155 Å². The fourth-order valence-electron chi connectivity index (χ4n) is 2.95. The molecule has 0 aromatic heterocycles. The summed E-state index contributed by atoms with van der Waals surface area (Å²) in [6.07, 6.45) is -0.234. The third kappa shape index (κ3) is 4.39. The van der Waals surface area contributed by atoms with Gasteiger partial charge in [-0.25, -0.2) is 9.59 Å². The summed E-state index contributed by atoms with van der Waals surface area (Å²) in [6.45, 7) is 5.41. The second-order valence-corrected chi connectivity index (χ2v) is 8.09. The first-order valence-corrected chi connectivity index (χ1v) is 8.87. The molecular formula is C18H22BrNO5. The summed E-state index contributed by atoms with van der Waals surface area (Å²) in [4.78, 5) is 38.3. The van der Waals surface area contributed by atoms with Crippen molar-refractivity contribution in [1.82, 2.24) is 4.90 Å². The molecule has 1 amide bonds. The maximum absolute atomic E-state index is 12.6. The molecule has 0 spiro atoms. The van der Waals surface area contributed by atoms with Crippen molar-refractivity contribution in [1.29, 1.82) is 0 Å². The van der Waals surface area contributed by atoms with Crippen LogP contribution < -0.4 is 0 Å². The molecule has 1 N–H and O–H groups in total. The predicted octanol–water partition coefficient (Wildman–Crippen LogP) is 3.88. The zero-order chi connectivity index (χ0) is 18.8. The van der Waals surface area contributed by atoms with Crippen LogP contribution in [0.25, 0.3) is 0 Å². The van der Waals surface area contributed by atoms with Gasteiger partial charge in [-0.2, -0.15) is 0 Å². The Morgan fingerprint density at radius 2 is 1.84 bits per heavy atom. The quantitative estimate of drug-likeness (QED) is 0.759. The topological polar surface area (TPSA) is 83.9 Å². The number of nitrogens with zero attached hydrogens (tertiary/aromatic N) is 1. The van der Waals surface area contributed by atoms with E-state index in [-0.39, 0.29) is 25.2 Å². The minimum absolute atomic E-state index is 0.226. The highest BCUT2D eigenvalue weighted by Crippen LogP contribution is 2.35. The van der Waals surface area contributed by atoms with E-state index in [9.17, 15) is 19.5 Å². The van der Waals surface area contributed by atoms with E-state index in [4.69, 9.17) is 4.74 Å². The number of hydrogen-bond acceptors (Lipinski definition) is 4. The van der Waals surface area contributed by atoms with Gasteiger partial charge in [0.2, 0.25) is 0 Å². The predicted molar refractivity (Wildman–Crippen MR) is 95.6 cm³/mol. The zero-order valence-corrected chi connectivity index (χ0v) is 16.1. The Kier molecular flexibility index (Phi) is 5.56. The van der Waals surface area contributed by atoms with Crippen molar-refractivity contribution in [3.8, 4) is 0 Å². The van der Waals surface area contributed by atoms with Crippen molar-refractivity contribution in [3.63, 3.8) is 0 Å². The van der Waals surface area contributed by atoms with Gasteiger partial charge in [0.1, 0.15) is 5.60 Å². The Morgan fingerprint density at radius 1 is 1.24 bits per heavy atom. The highest BCUT2D eigenvalue weighted by Gasteiger charge is 2.52. The molecule has 1 aliphatic heterocycles. The van der Waals surface area contributed by atoms with E-state index in [2.05, 4.69) is 15.9 Å². The highest BCUT2D eigenvalue weighted by atomic mass is 79.9. The van der Waals surface area contributed by atoms with Gasteiger partial charge in [-0.1, -0.05) is 28.1 Å². The van der Waals surface area contributed by atoms with Gasteiger partial charge < -0.3 is 9.84 Å². The summed E-state index contributed by atoms with van der Waals surface area (Å²) in [5, 5.41) is 9.81. The van der Waals surface area contributed by atoms with Gasteiger partial charge in [0.05, 0.1) is 0 Å². The molecule has 0 aliphatic carbocycles. The molecule has 2 rings (SSSR count). The third-order valence-corrected chi connectivity index (χ3v) is 4.65. The molecule has 1 fully saturated rings. The molecule has 1 heterocycles. The van der Waals surface area contributed by atoms with Crippen molar-refractivity contribution < 1.29 is 24.2 Å². The van der Waals surface area contributed by atoms with E-state index < -0.39 is 23.2 Å². The molecule has 6 nitrogen and oxygen atoms in total. The Bertz CT molecular complexity index is 680. The number of amides is 1. The number of halogens is 1. The van der Waals surface area contributed by atoms with Crippen LogP contribution in [0.5, 0.6) is 0 Å². The van der Waals surface area contributed by atoms with Crippen molar-refractivity contribution in [2.24, 2.45) is 0 Å². The van der Waals surface area contributed by atoms with Crippen molar-refractivity contribution >= 4 is 33.8 Å². The molecule has 1 saturated heterocycles. The normalized spacial score (nSPS) is 20.4. The lowest BCUT2D eigenvalue weighted by molar-refractivity contribution is -0.149. The molecule has 25 heavy (non-hydrogen) atoms. The molecule has 0 unspecified atom stereocenters. The standard InChI is InChI=1S/C18H22BrNO5/c1-17(2,3)25-16(24)20-10-4-9-18(20,15(22)23)11-14(21)12-5-7-13(19)8-6-12/h5-8H,4,9-11H2,1-3H3,(H,22,23)/t18-/m1/s1. The summed E-state index contributed by atoms with van der Waals surface area (Å²) in [5.74, 6) is -1.49. The van der Waals surface area contributed by atoms with Crippen LogP contribution >= 0.6 is 15.9 Å². The molecule has 0 bridgehead atoms. The number of ether oxygens (including phenoxy) is 1. The summed E-state index contributed by atoms with van der Waals surface area (Å²) in [5.41, 5.74) is -1.88. The summed E-state index contributed by atoms with van der Waals surface area (Å²) in [6, 6.07) is 6.71. The van der Waals surface area contributed by atoms with E-state index in [0.29, 0.717) is 12.0 Å².